The molecular formula is C12H14ClN3O5. The maximum absolute atomic E-state index is 12.1. The van der Waals surface area contributed by atoms with E-state index >= 15 is 0 Å². The zero-order valence-corrected chi connectivity index (χ0v) is 12.4. The normalized spacial score (nSPS) is 11.9. The van der Waals surface area contributed by atoms with Gasteiger partial charge in [0.15, 0.2) is 0 Å². The Morgan fingerprint density at radius 3 is 2.57 bits per heavy atom. The van der Waals surface area contributed by atoms with Crippen LogP contribution in [0.15, 0.2) is 12.3 Å². The van der Waals surface area contributed by atoms with Crippen LogP contribution in [-0.2, 0) is 9.53 Å². The van der Waals surface area contributed by atoms with Gasteiger partial charge in [-0.1, -0.05) is 25.4 Å². The monoisotopic (exact) mass is 315 g/mol. The number of rotatable bonds is 5. The van der Waals surface area contributed by atoms with Crippen LogP contribution in [0.4, 0.5) is 5.69 Å². The molecule has 9 heteroatoms. The summed E-state index contributed by atoms with van der Waals surface area (Å²) in [6, 6.07) is 0.108. The Balaban J connectivity index is 3.05. The van der Waals surface area contributed by atoms with Gasteiger partial charge in [0.1, 0.15) is 17.4 Å². The van der Waals surface area contributed by atoms with E-state index in [1.165, 1.54) is 7.11 Å². The van der Waals surface area contributed by atoms with Crippen molar-refractivity contribution >= 4 is 29.2 Å². The molecule has 0 aromatic carbocycles. The van der Waals surface area contributed by atoms with Crippen LogP contribution in [0, 0.1) is 16.0 Å². The van der Waals surface area contributed by atoms with Crippen LogP contribution in [0.5, 0.6) is 0 Å². The van der Waals surface area contributed by atoms with Crippen molar-refractivity contribution in [1.82, 2.24) is 10.3 Å². The van der Waals surface area contributed by atoms with Crippen molar-refractivity contribution < 1.29 is 19.2 Å². The molecule has 8 nitrogen and oxygen atoms in total. The van der Waals surface area contributed by atoms with E-state index in [4.69, 9.17) is 11.6 Å². The molecule has 0 spiro atoms. The number of esters is 1. The van der Waals surface area contributed by atoms with E-state index < -0.39 is 22.8 Å². The molecule has 1 rings (SSSR count). The smallest absolute Gasteiger partial charge is 0.328 e. The van der Waals surface area contributed by atoms with Crippen LogP contribution in [-0.4, -0.2) is 34.9 Å². The molecule has 1 aromatic rings. The quantitative estimate of drug-likeness (QED) is 0.382. The van der Waals surface area contributed by atoms with Crippen LogP contribution in [0.3, 0.4) is 0 Å². The summed E-state index contributed by atoms with van der Waals surface area (Å²) in [5, 5.41) is 12.9. The molecule has 1 unspecified atom stereocenters. The van der Waals surface area contributed by atoms with Crippen molar-refractivity contribution in [1.29, 1.82) is 0 Å². The minimum atomic E-state index is -0.891. The SMILES string of the molecule is COC(=O)C(NC(=O)c1cc([N+](=O)[O-])cnc1Cl)C(C)C. The number of carbonyl (C=O) groups is 2. The minimum absolute atomic E-state index is 0.180. The Bertz CT molecular complexity index is 576. The molecule has 21 heavy (non-hydrogen) atoms. The number of aromatic nitrogens is 1. The van der Waals surface area contributed by atoms with E-state index in [2.05, 4.69) is 15.0 Å². The van der Waals surface area contributed by atoms with Gasteiger partial charge in [-0.2, -0.15) is 0 Å². The number of amides is 1. The summed E-state index contributed by atoms with van der Waals surface area (Å²) in [6.45, 7) is 3.43. The second-order valence-corrected chi connectivity index (χ2v) is 4.87. The molecule has 1 heterocycles. The highest BCUT2D eigenvalue weighted by Gasteiger charge is 2.27. The molecule has 1 aromatic heterocycles. The summed E-state index contributed by atoms with van der Waals surface area (Å²) in [7, 11) is 1.20. The highest BCUT2D eigenvalue weighted by atomic mass is 35.5. The summed E-state index contributed by atoms with van der Waals surface area (Å²) in [5.41, 5.74) is -0.552. The van der Waals surface area contributed by atoms with Gasteiger partial charge in [-0.15, -0.1) is 0 Å². The van der Waals surface area contributed by atoms with Gasteiger partial charge in [-0.3, -0.25) is 14.9 Å². The fourth-order valence-electron chi connectivity index (χ4n) is 1.54. The standard InChI is InChI=1S/C12H14ClN3O5/c1-6(2)9(12(18)21-3)15-11(17)8-4-7(16(19)20)5-14-10(8)13/h4-6,9H,1-3H3,(H,15,17). The predicted molar refractivity (Wildman–Crippen MR) is 74.0 cm³/mol. The Labute approximate surface area is 125 Å². The number of hydrogen-bond donors (Lipinski definition) is 1. The van der Waals surface area contributed by atoms with Gasteiger partial charge in [0.25, 0.3) is 11.6 Å². The first-order chi connectivity index (χ1) is 9.77. The van der Waals surface area contributed by atoms with E-state index in [0.717, 1.165) is 12.3 Å². The molecule has 1 N–H and O–H groups in total. The molecule has 0 radical (unpaired) electrons. The second kappa shape index (κ2) is 6.98. The Hall–Kier alpha value is -2.22. The number of methoxy groups -OCH3 is 1. The summed E-state index contributed by atoms with van der Waals surface area (Å²) < 4.78 is 4.59. The third kappa shape index (κ3) is 4.12. The molecule has 0 aliphatic rings. The van der Waals surface area contributed by atoms with Crippen LogP contribution in [0.25, 0.3) is 0 Å². The Kier molecular flexibility index (Phi) is 5.60. The lowest BCUT2D eigenvalue weighted by Crippen LogP contribution is -2.45. The van der Waals surface area contributed by atoms with Crippen molar-refractivity contribution in [2.24, 2.45) is 5.92 Å². The number of halogens is 1. The van der Waals surface area contributed by atoms with Gasteiger partial charge < -0.3 is 10.1 Å². The molecule has 1 atom stereocenters. The van der Waals surface area contributed by atoms with Crippen molar-refractivity contribution in [3.05, 3.63) is 33.1 Å². The first kappa shape index (κ1) is 16.8. The third-order valence-electron chi connectivity index (χ3n) is 2.69. The number of carbonyl (C=O) groups excluding carboxylic acids is 2. The summed E-state index contributed by atoms with van der Waals surface area (Å²) in [5.74, 6) is -1.58. The first-order valence-electron chi connectivity index (χ1n) is 5.96. The molecule has 0 bridgehead atoms. The molecule has 0 aliphatic carbocycles. The largest absolute Gasteiger partial charge is 0.467 e. The number of nitrogens with one attached hydrogen (secondary N) is 1. The van der Waals surface area contributed by atoms with Crippen LogP contribution < -0.4 is 5.32 Å². The highest BCUT2D eigenvalue weighted by Crippen LogP contribution is 2.19. The molecule has 0 saturated heterocycles. The maximum Gasteiger partial charge on any atom is 0.328 e. The van der Waals surface area contributed by atoms with Gasteiger partial charge in [-0.25, -0.2) is 9.78 Å². The maximum atomic E-state index is 12.1. The first-order valence-corrected chi connectivity index (χ1v) is 6.34. The fraction of sp³-hybridized carbons (Fsp3) is 0.417. The van der Waals surface area contributed by atoms with Gasteiger partial charge in [-0.05, 0) is 5.92 Å². The lowest BCUT2D eigenvalue weighted by Gasteiger charge is -2.19. The predicted octanol–water partition coefficient (Wildman–Crippen LogP) is 1.57. The number of ether oxygens (including phenoxy) is 1. The minimum Gasteiger partial charge on any atom is -0.467 e. The third-order valence-corrected chi connectivity index (χ3v) is 2.99. The average molecular weight is 316 g/mol. The molecule has 1 amide bonds. The lowest BCUT2D eigenvalue weighted by molar-refractivity contribution is -0.385. The Morgan fingerprint density at radius 2 is 2.10 bits per heavy atom. The second-order valence-electron chi connectivity index (χ2n) is 4.51. The summed E-state index contributed by atoms with van der Waals surface area (Å²) in [4.78, 5) is 37.3. The number of nitro groups is 1. The van der Waals surface area contributed by atoms with E-state index in [1.807, 2.05) is 0 Å². The number of hydrogen-bond acceptors (Lipinski definition) is 6. The van der Waals surface area contributed by atoms with Crippen molar-refractivity contribution in [2.75, 3.05) is 7.11 Å². The topological polar surface area (TPSA) is 111 Å². The van der Waals surface area contributed by atoms with E-state index in [0.29, 0.717) is 0 Å². The van der Waals surface area contributed by atoms with Crippen molar-refractivity contribution in [2.45, 2.75) is 19.9 Å². The summed E-state index contributed by atoms with van der Waals surface area (Å²) >= 11 is 5.76. The van der Waals surface area contributed by atoms with Crippen molar-refractivity contribution in [3.63, 3.8) is 0 Å². The van der Waals surface area contributed by atoms with Crippen LogP contribution in [0.1, 0.15) is 24.2 Å². The zero-order chi connectivity index (χ0) is 16.2. The van der Waals surface area contributed by atoms with Gasteiger partial charge in [0, 0.05) is 6.07 Å². The molecule has 0 aliphatic heterocycles. The molecular weight excluding hydrogens is 302 g/mol. The molecule has 0 fully saturated rings. The zero-order valence-electron chi connectivity index (χ0n) is 11.6. The van der Waals surface area contributed by atoms with E-state index in [9.17, 15) is 19.7 Å². The van der Waals surface area contributed by atoms with E-state index in [-0.39, 0.29) is 22.3 Å². The molecule has 0 saturated carbocycles. The van der Waals surface area contributed by atoms with Gasteiger partial charge in [0.05, 0.1) is 17.6 Å². The van der Waals surface area contributed by atoms with Crippen LogP contribution >= 0.6 is 11.6 Å². The average Bonchev–Trinajstić information content (AvgIpc) is 2.43. The fourth-order valence-corrected chi connectivity index (χ4v) is 1.73. The lowest BCUT2D eigenvalue weighted by atomic mass is 10.0. The Morgan fingerprint density at radius 1 is 1.48 bits per heavy atom. The van der Waals surface area contributed by atoms with Gasteiger partial charge >= 0.3 is 5.97 Å². The van der Waals surface area contributed by atoms with Gasteiger partial charge in [0.2, 0.25) is 0 Å². The van der Waals surface area contributed by atoms with Crippen molar-refractivity contribution in [3.8, 4) is 0 Å². The number of nitrogens with zero attached hydrogens (tertiary/aromatic N) is 2. The molecule has 114 valence electrons. The number of pyridine rings is 1. The van der Waals surface area contributed by atoms with E-state index in [1.54, 1.807) is 13.8 Å². The highest BCUT2D eigenvalue weighted by molar-refractivity contribution is 6.32. The van der Waals surface area contributed by atoms with Crippen LogP contribution in [0.2, 0.25) is 5.15 Å². The summed E-state index contributed by atoms with van der Waals surface area (Å²) in [6.07, 6.45) is 0.944.